The van der Waals surface area contributed by atoms with Crippen LogP contribution in [0.2, 0.25) is 0 Å². The van der Waals surface area contributed by atoms with Crippen LogP contribution in [0.3, 0.4) is 0 Å². The molecule has 4 rings (SSSR count). The zero-order chi connectivity index (χ0) is 22.8. The van der Waals surface area contributed by atoms with Crippen LogP contribution < -0.4 is 5.32 Å². The van der Waals surface area contributed by atoms with Crippen molar-refractivity contribution in [1.82, 2.24) is 15.3 Å². The van der Waals surface area contributed by atoms with Gasteiger partial charge in [0.05, 0.1) is 11.7 Å². The fourth-order valence-corrected chi connectivity index (χ4v) is 4.60. The van der Waals surface area contributed by atoms with Gasteiger partial charge in [-0.25, -0.2) is 0 Å². The fourth-order valence-electron chi connectivity index (χ4n) is 4.60. The number of fused-ring (bicyclic) bond motifs is 1. The van der Waals surface area contributed by atoms with Gasteiger partial charge in [0.25, 0.3) is 0 Å². The second-order valence-electron chi connectivity index (χ2n) is 8.43. The molecule has 3 N–H and O–H groups in total. The summed E-state index contributed by atoms with van der Waals surface area (Å²) in [5, 5.41) is 4.63. The summed E-state index contributed by atoms with van der Waals surface area (Å²) in [6.07, 6.45) is 2.06. The van der Waals surface area contributed by atoms with E-state index >= 15 is 0 Å². The van der Waals surface area contributed by atoms with Crippen LogP contribution in [-0.4, -0.2) is 34.1 Å². The molecule has 0 radical (unpaired) electrons. The van der Waals surface area contributed by atoms with Gasteiger partial charge in [0, 0.05) is 40.8 Å². The number of H-pyrrole nitrogens is 2. The van der Waals surface area contributed by atoms with E-state index in [4.69, 9.17) is 0 Å². The Bertz CT molecular complexity index is 1270. The molecule has 0 unspecified atom stereocenters. The molecule has 0 aliphatic heterocycles. The van der Waals surface area contributed by atoms with Crippen LogP contribution in [0.25, 0.3) is 10.9 Å². The van der Waals surface area contributed by atoms with Crippen LogP contribution in [0.4, 0.5) is 0 Å². The maximum absolute atomic E-state index is 13.2. The highest BCUT2D eigenvalue weighted by Crippen LogP contribution is 2.30. The van der Waals surface area contributed by atoms with Crippen molar-refractivity contribution in [3.8, 4) is 0 Å². The summed E-state index contributed by atoms with van der Waals surface area (Å²) < 4.78 is 0. The first-order valence-corrected chi connectivity index (χ1v) is 11.0. The van der Waals surface area contributed by atoms with Crippen molar-refractivity contribution in [3.05, 3.63) is 94.4 Å². The summed E-state index contributed by atoms with van der Waals surface area (Å²) in [6, 6.07) is 18.2. The summed E-state index contributed by atoms with van der Waals surface area (Å²) in [4.78, 5) is 31.6. The van der Waals surface area contributed by atoms with Crippen LogP contribution in [0.15, 0.2) is 60.8 Å². The molecule has 2 heterocycles. The van der Waals surface area contributed by atoms with Gasteiger partial charge in [0.2, 0.25) is 0 Å². The Hall–Kier alpha value is -3.44. The molecular formula is C27H29N3O2. The lowest BCUT2D eigenvalue weighted by Crippen LogP contribution is -2.37. The SMILES string of the molecule is CC(=O)c1c(C)[nH]c(C(=O)[C@@H](C)NC[C@H](c2ccccc2)c2c[nH]c3ccccc23)c1C. The van der Waals surface area contributed by atoms with Gasteiger partial charge in [-0.3, -0.25) is 9.59 Å². The van der Waals surface area contributed by atoms with Crippen molar-refractivity contribution < 1.29 is 9.59 Å². The quantitative estimate of drug-likeness (QED) is 0.334. The number of benzene rings is 2. The van der Waals surface area contributed by atoms with Crippen molar-refractivity contribution in [2.24, 2.45) is 0 Å². The third-order valence-electron chi connectivity index (χ3n) is 6.26. The van der Waals surface area contributed by atoms with Crippen LogP contribution in [-0.2, 0) is 0 Å². The van der Waals surface area contributed by atoms with Crippen LogP contribution >= 0.6 is 0 Å². The minimum absolute atomic E-state index is 0.0283. The predicted octanol–water partition coefficient (Wildman–Crippen LogP) is 5.31. The first-order valence-electron chi connectivity index (χ1n) is 11.0. The number of para-hydroxylation sites is 1. The van der Waals surface area contributed by atoms with E-state index in [2.05, 4.69) is 45.7 Å². The Labute approximate surface area is 188 Å². The fraction of sp³-hybridized carbons (Fsp3) is 0.259. The molecule has 32 heavy (non-hydrogen) atoms. The number of ketones is 2. The van der Waals surface area contributed by atoms with Gasteiger partial charge in [0.1, 0.15) is 0 Å². The minimum Gasteiger partial charge on any atom is -0.361 e. The van der Waals surface area contributed by atoms with Crippen molar-refractivity contribution in [3.63, 3.8) is 0 Å². The van der Waals surface area contributed by atoms with Gasteiger partial charge < -0.3 is 15.3 Å². The van der Waals surface area contributed by atoms with E-state index in [1.807, 2.05) is 51.1 Å². The number of aromatic amines is 2. The lowest BCUT2D eigenvalue weighted by Gasteiger charge is -2.21. The summed E-state index contributed by atoms with van der Waals surface area (Å²) >= 11 is 0. The van der Waals surface area contributed by atoms with E-state index in [0.29, 0.717) is 17.8 Å². The molecule has 5 nitrogen and oxygen atoms in total. The third kappa shape index (κ3) is 4.04. The van der Waals surface area contributed by atoms with E-state index in [0.717, 1.165) is 16.8 Å². The van der Waals surface area contributed by atoms with Gasteiger partial charge in [0.15, 0.2) is 11.6 Å². The average Bonchev–Trinajstić information content (AvgIpc) is 3.34. The number of carbonyl (C=O) groups excluding carboxylic acids is 2. The number of hydrogen-bond acceptors (Lipinski definition) is 3. The van der Waals surface area contributed by atoms with E-state index in [1.165, 1.54) is 23.4 Å². The third-order valence-corrected chi connectivity index (χ3v) is 6.26. The highest BCUT2D eigenvalue weighted by Gasteiger charge is 2.25. The zero-order valence-corrected chi connectivity index (χ0v) is 19.0. The van der Waals surface area contributed by atoms with Gasteiger partial charge in [-0.15, -0.1) is 0 Å². The molecule has 2 atom stereocenters. The van der Waals surface area contributed by atoms with Crippen molar-refractivity contribution in [1.29, 1.82) is 0 Å². The average molecular weight is 428 g/mol. The number of nitrogens with one attached hydrogen (secondary N) is 3. The first kappa shape index (κ1) is 21.8. The van der Waals surface area contributed by atoms with Crippen LogP contribution in [0.5, 0.6) is 0 Å². The normalized spacial score (nSPS) is 13.2. The standard InChI is InChI=1S/C27H29N3O2/c1-16-25(19(4)31)17(2)30-26(16)27(32)18(3)28-14-22(20-10-6-5-7-11-20)23-15-29-24-13-9-8-12-21(23)24/h5-13,15,18,22,28-30H,14H2,1-4H3/t18-,22-/m1/s1. The molecule has 2 aromatic heterocycles. The Morgan fingerprint density at radius 3 is 2.38 bits per heavy atom. The highest BCUT2D eigenvalue weighted by molar-refractivity contribution is 6.05. The monoisotopic (exact) mass is 427 g/mol. The Morgan fingerprint density at radius 2 is 1.69 bits per heavy atom. The molecule has 0 amide bonds. The molecule has 0 saturated carbocycles. The van der Waals surface area contributed by atoms with E-state index in [9.17, 15) is 9.59 Å². The lowest BCUT2D eigenvalue weighted by atomic mass is 9.90. The lowest BCUT2D eigenvalue weighted by molar-refractivity contribution is 0.0945. The maximum Gasteiger partial charge on any atom is 0.195 e. The minimum atomic E-state index is -0.400. The Kier molecular flexibility index (Phi) is 6.10. The topological polar surface area (TPSA) is 77.8 Å². The van der Waals surface area contributed by atoms with Crippen LogP contribution in [0.1, 0.15) is 63.0 Å². The molecule has 0 bridgehead atoms. The molecule has 0 aliphatic rings. The van der Waals surface area contributed by atoms with Crippen molar-refractivity contribution >= 4 is 22.5 Å². The predicted molar refractivity (Wildman–Crippen MR) is 129 cm³/mol. The Balaban J connectivity index is 1.60. The number of rotatable bonds is 8. The molecule has 0 fully saturated rings. The smallest absolute Gasteiger partial charge is 0.195 e. The summed E-state index contributed by atoms with van der Waals surface area (Å²) in [6.45, 7) is 7.68. The summed E-state index contributed by atoms with van der Waals surface area (Å²) in [7, 11) is 0. The number of aromatic nitrogens is 2. The van der Waals surface area contributed by atoms with Gasteiger partial charge in [-0.05, 0) is 50.5 Å². The van der Waals surface area contributed by atoms with E-state index in [1.54, 1.807) is 0 Å². The maximum atomic E-state index is 13.2. The molecule has 0 spiro atoms. The number of carbonyl (C=O) groups is 2. The molecular weight excluding hydrogens is 398 g/mol. The summed E-state index contributed by atoms with van der Waals surface area (Å²) in [5.41, 5.74) is 6.08. The molecule has 2 aromatic carbocycles. The van der Waals surface area contributed by atoms with Gasteiger partial charge >= 0.3 is 0 Å². The molecule has 0 aliphatic carbocycles. The molecule has 0 saturated heterocycles. The van der Waals surface area contributed by atoms with Gasteiger partial charge in [-0.1, -0.05) is 48.5 Å². The Morgan fingerprint density at radius 1 is 1.00 bits per heavy atom. The molecule has 5 heteroatoms. The second kappa shape index (κ2) is 8.97. The van der Waals surface area contributed by atoms with Gasteiger partial charge in [-0.2, -0.15) is 0 Å². The molecule has 164 valence electrons. The second-order valence-corrected chi connectivity index (χ2v) is 8.43. The van der Waals surface area contributed by atoms with E-state index < -0.39 is 6.04 Å². The van der Waals surface area contributed by atoms with Crippen LogP contribution in [0, 0.1) is 13.8 Å². The van der Waals surface area contributed by atoms with E-state index in [-0.39, 0.29) is 17.5 Å². The van der Waals surface area contributed by atoms with Crippen molar-refractivity contribution in [2.75, 3.05) is 6.54 Å². The summed E-state index contributed by atoms with van der Waals surface area (Å²) in [5.74, 6) is 0.0186. The largest absolute Gasteiger partial charge is 0.361 e. The number of Topliss-reactive ketones (excluding diaryl/α,β-unsaturated/α-hetero) is 2. The first-order chi connectivity index (χ1) is 15.4. The van der Waals surface area contributed by atoms with Crippen molar-refractivity contribution in [2.45, 2.75) is 39.7 Å². The number of aryl methyl sites for hydroxylation is 1. The molecule has 4 aromatic rings. The zero-order valence-electron chi connectivity index (χ0n) is 19.0. The number of hydrogen-bond donors (Lipinski definition) is 3. The highest BCUT2D eigenvalue weighted by atomic mass is 16.1.